The van der Waals surface area contributed by atoms with Gasteiger partial charge >= 0.3 is 0 Å². The average Bonchev–Trinajstić information content (AvgIpc) is 3.97. The number of rotatable bonds is 14. The summed E-state index contributed by atoms with van der Waals surface area (Å²) in [7, 11) is -0.901. The summed E-state index contributed by atoms with van der Waals surface area (Å²) in [6.07, 6.45) is 6.51. The zero-order chi connectivity index (χ0) is 44.7. The molecule has 4 aromatic rings. The van der Waals surface area contributed by atoms with Crippen LogP contribution in [0.15, 0.2) is 109 Å². The summed E-state index contributed by atoms with van der Waals surface area (Å²) in [6, 6.07) is 39.0. The highest BCUT2D eigenvalue weighted by Gasteiger charge is 2.52. The molecule has 0 aliphatic carbocycles. The van der Waals surface area contributed by atoms with Crippen LogP contribution in [-0.4, -0.2) is 107 Å². The Balaban J connectivity index is 0.817. The van der Waals surface area contributed by atoms with Crippen molar-refractivity contribution in [3.05, 3.63) is 143 Å². The predicted octanol–water partition coefficient (Wildman–Crippen LogP) is 9.42. The largest absolute Gasteiger partial charge is 0.377 e. The Kier molecular flexibility index (Phi) is 13.2. The molecule has 0 N–H and O–H groups in total. The minimum absolute atomic E-state index is 0.448. The van der Waals surface area contributed by atoms with E-state index in [1.54, 1.807) is 0 Å². The standard InChI is InChI=1S/C50H56N8O2S6/c61-45-51-27-43(17-7-9-23-59-35-37-13-3-1-4-14-37)28-52-46(62)56-32-40-20-12-22-42(26-40)34-58-48(64)54-30-44(18-8-10-24-60-36-38-15-5-2-6-16-38)29-53-47(63)57(66(58)50(53)54)33-41-21-11-19-39(25-41)31-55(45)65(56)49(51)52/h1-6,11-16,19-22,25-26,43-44H,7-10,17-18,23-24,27-36H2. The second-order valence-electron chi connectivity index (χ2n) is 18.3. The van der Waals surface area contributed by atoms with Crippen LogP contribution in [0.4, 0.5) is 0 Å². The summed E-state index contributed by atoms with van der Waals surface area (Å²) in [4.78, 5) is 9.69. The summed E-state index contributed by atoms with van der Waals surface area (Å²) in [5.74, 6) is 0.896. The molecule has 11 rings (SSSR count). The van der Waals surface area contributed by atoms with Crippen LogP contribution < -0.4 is 0 Å². The van der Waals surface area contributed by atoms with Gasteiger partial charge in [-0.25, -0.2) is 0 Å². The van der Waals surface area contributed by atoms with E-state index in [9.17, 15) is 0 Å². The van der Waals surface area contributed by atoms with Crippen molar-refractivity contribution >= 4 is 101 Å². The Morgan fingerprint density at radius 1 is 0.424 bits per heavy atom. The molecule has 0 unspecified atom stereocenters. The van der Waals surface area contributed by atoms with Crippen molar-refractivity contribution in [2.24, 2.45) is 11.8 Å². The van der Waals surface area contributed by atoms with Gasteiger partial charge in [0.15, 0.2) is 30.7 Å². The summed E-state index contributed by atoms with van der Waals surface area (Å²) in [6.45, 7) is 9.35. The van der Waals surface area contributed by atoms with Crippen molar-refractivity contribution in [2.45, 2.75) is 77.9 Å². The fraction of sp³-hybridized carbons (Fsp3) is 0.400. The molecule has 0 atom stereocenters. The highest BCUT2D eigenvalue weighted by molar-refractivity contribution is 8.15. The fourth-order valence-corrected chi connectivity index (χ4v) is 17.0. The first-order valence-corrected chi connectivity index (χ1v) is 27.3. The zero-order valence-electron chi connectivity index (χ0n) is 37.1. The van der Waals surface area contributed by atoms with E-state index in [0.29, 0.717) is 51.2 Å². The van der Waals surface area contributed by atoms with E-state index in [4.69, 9.17) is 58.3 Å². The molecule has 344 valence electrons. The molecule has 66 heavy (non-hydrogen) atoms. The normalized spacial score (nSPS) is 21.6. The lowest BCUT2D eigenvalue weighted by atomic mass is 9.99. The van der Waals surface area contributed by atoms with Gasteiger partial charge in [0, 0.05) is 39.4 Å². The molecule has 4 bridgehead atoms. The third-order valence-corrected chi connectivity index (χ3v) is 20.1. The van der Waals surface area contributed by atoms with E-state index in [2.05, 4.69) is 134 Å². The minimum Gasteiger partial charge on any atom is -0.377 e. The van der Waals surface area contributed by atoms with Crippen LogP contribution >= 0.6 is 70.6 Å². The van der Waals surface area contributed by atoms with Gasteiger partial charge in [0.1, 0.15) is 0 Å². The van der Waals surface area contributed by atoms with Crippen LogP contribution in [0.25, 0.3) is 0 Å². The molecule has 2 saturated heterocycles. The maximum Gasteiger partial charge on any atom is 0.189 e. The van der Waals surface area contributed by atoms with E-state index < -0.39 is 21.7 Å². The van der Waals surface area contributed by atoms with Gasteiger partial charge < -0.3 is 9.47 Å². The quantitative estimate of drug-likeness (QED) is 0.0891. The number of fused-ring (bicyclic) bond motifs is 4. The predicted molar refractivity (Wildman–Crippen MR) is 284 cm³/mol. The Bertz CT molecular complexity index is 2310. The Labute approximate surface area is 416 Å². The lowest BCUT2D eigenvalue weighted by Gasteiger charge is -2.41. The molecule has 7 aliphatic heterocycles. The summed E-state index contributed by atoms with van der Waals surface area (Å²) in [5.41, 5.74) is 7.39. The third-order valence-electron chi connectivity index (χ3n) is 13.4. The third kappa shape index (κ3) is 8.81. The molecular formula is C50H56N8O2S6. The number of unbranched alkanes of at least 4 members (excludes halogenated alkanes) is 2. The molecule has 0 spiro atoms. The highest BCUT2D eigenvalue weighted by Crippen LogP contribution is 2.49. The second kappa shape index (κ2) is 19.5. The number of hydrogen-bond acceptors (Lipinski definition) is 6. The van der Waals surface area contributed by atoms with Crippen molar-refractivity contribution in [1.29, 1.82) is 0 Å². The van der Waals surface area contributed by atoms with Crippen molar-refractivity contribution in [3.63, 3.8) is 0 Å². The fourth-order valence-electron chi connectivity index (χ4n) is 10.3. The van der Waals surface area contributed by atoms with Gasteiger partial charge in [-0.15, -0.1) is 0 Å². The van der Waals surface area contributed by atoms with Crippen molar-refractivity contribution in [2.75, 3.05) is 39.4 Å². The number of ether oxygens (including phenoxy) is 2. The van der Waals surface area contributed by atoms with Crippen molar-refractivity contribution < 1.29 is 9.47 Å². The molecule has 16 heteroatoms. The Hall–Kier alpha value is -4.00. The smallest absolute Gasteiger partial charge is 0.189 e. The lowest BCUT2D eigenvalue weighted by Crippen LogP contribution is -2.56. The van der Waals surface area contributed by atoms with E-state index in [1.807, 2.05) is 12.1 Å². The molecule has 0 amide bonds. The van der Waals surface area contributed by atoms with Crippen LogP contribution in [-0.2, 0) is 48.9 Å². The maximum atomic E-state index is 6.46. The van der Waals surface area contributed by atoms with Gasteiger partial charge in [-0.05, 0) is 120 Å². The van der Waals surface area contributed by atoms with Crippen LogP contribution in [0.1, 0.15) is 71.9 Å². The Morgan fingerprint density at radius 2 is 0.758 bits per heavy atom. The molecule has 4 aromatic carbocycles. The summed E-state index contributed by atoms with van der Waals surface area (Å²) >= 11 is 25.8. The second-order valence-corrected chi connectivity index (χ2v) is 23.3. The molecule has 0 radical (unpaired) electrons. The molecule has 10 nitrogen and oxygen atoms in total. The van der Waals surface area contributed by atoms with E-state index in [0.717, 1.165) is 98.4 Å². The monoisotopic (exact) mass is 992 g/mol. The van der Waals surface area contributed by atoms with Crippen molar-refractivity contribution in [3.8, 4) is 0 Å². The van der Waals surface area contributed by atoms with Gasteiger partial charge in [0.25, 0.3) is 0 Å². The number of nitrogens with zero attached hydrogens (tertiary/aromatic N) is 8. The number of hydrogen-bond donors (Lipinski definition) is 0. The highest BCUT2D eigenvalue weighted by atomic mass is 32.2. The molecule has 7 heterocycles. The minimum atomic E-state index is -0.451. The topological polar surface area (TPSA) is 44.4 Å². The SMILES string of the molecule is S=C1N2CC(CCCCOCc3ccccc3)CN3C(=S)N4Cc5cccc(c5)CN5C(=S)N6CC(CCCCOCc7ccccc7)CN7C(=S)N(Cc8cccc(c8)CN1S4=C23)S5=C76. The van der Waals surface area contributed by atoms with Crippen LogP contribution in [0, 0.1) is 11.8 Å². The van der Waals surface area contributed by atoms with Crippen molar-refractivity contribution in [1.82, 2.24) is 36.8 Å². The van der Waals surface area contributed by atoms with Crippen LogP contribution in [0.5, 0.6) is 0 Å². The summed E-state index contributed by atoms with van der Waals surface area (Å²) < 4.78 is 21.9. The molecular weight excluding hydrogens is 937 g/mol. The van der Waals surface area contributed by atoms with Crippen LogP contribution in [0.2, 0.25) is 0 Å². The van der Waals surface area contributed by atoms with Gasteiger partial charge in [-0.3, -0.25) is 36.8 Å². The summed E-state index contributed by atoms with van der Waals surface area (Å²) in [5, 5.41) is 6.12. The molecule has 2 fully saturated rings. The Morgan fingerprint density at radius 3 is 1.09 bits per heavy atom. The van der Waals surface area contributed by atoms with E-state index in [-0.39, 0.29) is 0 Å². The lowest BCUT2D eigenvalue weighted by molar-refractivity contribution is 0.115. The first kappa shape index (κ1) is 44.5. The number of benzene rings is 4. The van der Waals surface area contributed by atoms with Gasteiger partial charge in [-0.1, -0.05) is 122 Å². The van der Waals surface area contributed by atoms with Gasteiger partial charge in [0.05, 0.1) is 61.1 Å². The molecule has 7 aliphatic rings. The van der Waals surface area contributed by atoms with E-state index in [1.165, 1.54) is 43.6 Å². The molecule has 0 saturated carbocycles. The van der Waals surface area contributed by atoms with E-state index >= 15 is 0 Å². The first-order valence-electron chi connectivity index (χ1n) is 23.4. The number of thiocarbonyl (C=S) groups is 4. The average molecular weight is 993 g/mol. The van der Waals surface area contributed by atoms with Crippen LogP contribution in [0.3, 0.4) is 0 Å². The zero-order valence-corrected chi connectivity index (χ0v) is 42.0. The maximum absolute atomic E-state index is 6.46. The van der Waals surface area contributed by atoms with Gasteiger partial charge in [-0.2, -0.15) is 0 Å². The van der Waals surface area contributed by atoms with Gasteiger partial charge in [0.2, 0.25) is 0 Å². The first-order chi connectivity index (χ1) is 32.4. The molecule has 0 aromatic heterocycles.